The van der Waals surface area contributed by atoms with Crippen LogP contribution in [0.25, 0.3) is 0 Å². The molecular formula is C12H10FN3OS. The highest BCUT2D eigenvalue weighted by atomic mass is 32.2. The van der Waals surface area contributed by atoms with Gasteiger partial charge in [0.25, 0.3) is 0 Å². The maximum absolute atomic E-state index is 13.5. The summed E-state index contributed by atoms with van der Waals surface area (Å²) in [5, 5.41) is 3.31. The first kappa shape index (κ1) is 12.5. The summed E-state index contributed by atoms with van der Waals surface area (Å²) < 4.78 is 13.5. The highest BCUT2D eigenvalue weighted by molar-refractivity contribution is 7.98. The number of benzene rings is 1. The van der Waals surface area contributed by atoms with Crippen LogP contribution in [0, 0.1) is 5.82 Å². The molecule has 4 nitrogen and oxygen atoms in total. The highest BCUT2D eigenvalue weighted by Gasteiger charge is 2.08. The molecule has 6 heteroatoms. The number of nitrogens with one attached hydrogen (secondary N) is 1. The van der Waals surface area contributed by atoms with Crippen molar-refractivity contribution >= 4 is 29.6 Å². The summed E-state index contributed by atoms with van der Waals surface area (Å²) >= 11 is 1.35. The van der Waals surface area contributed by atoms with Gasteiger partial charge in [-0.05, 0) is 18.4 Å². The Morgan fingerprint density at radius 3 is 2.83 bits per heavy atom. The zero-order valence-electron chi connectivity index (χ0n) is 9.55. The van der Waals surface area contributed by atoms with Crippen LogP contribution in [0.4, 0.5) is 15.9 Å². The van der Waals surface area contributed by atoms with Gasteiger partial charge in [0.1, 0.15) is 11.6 Å². The third-order valence-corrected chi connectivity index (χ3v) is 2.79. The van der Waals surface area contributed by atoms with Gasteiger partial charge in [-0.1, -0.05) is 23.9 Å². The summed E-state index contributed by atoms with van der Waals surface area (Å²) in [7, 11) is 0. The number of hydrogen-bond donors (Lipinski definition) is 1. The number of rotatable bonds is 4. The van der Waals surface area contributed by atoms with Gasteiger partial charge >= 0.3 is 0 Å². The zero-order valence-corrected chi connectivity index (χ0v) is 10.4. The molecule has 1 N–H and O–H groups in total. The molecule has 0 aliphatic heterocycles. The van der Waals surface area contributed by atoms with Crippen molar-refractivity contribution in [3.63, 3.8) is 0 Å². The molecule has 0 amide bonds. The Kier molecular flexibility index (Phi) is 3.88. The molecule has 18 heavy (non-hydrogen) atoms. The first-order valence-electron chi connectivity index (χ1n) is 5.12. The van der Waals surface area contributed by atoms with Crippen LogP contribution in [0.2, 0.25) is 0 Å². The van der Waals surface area contributed by atoms with E-state index in [0.29, 0.717) is 17.3 Å². The molecule has 0 bridgehead atoms. The smallest absolute Gasteiger partial charge is 0.189 e. The maximum Gasteiger partial charge on any atom is 0.189 e. The summed E-state index contributed by atoms with van der Waals surface area (Å²) in [6.07, 6.45) is 3.87. The van der Waals surface area contributed by atoms with E-state index < -0.39 is 5.82 Å². The number of anilines is 2. The maximum atomic E-state index is 13.5. The molecule has 0 unspecified atom stereocenters. The zero-order chi connectivity index (χ0) is 13.0. The number of aromatic nitrogens is 2. The van der Waals surface area contributed by atoms with E-state index in [0.717, 1.165) is 0 Å². The van der Waals surface area contributed by atoms with Gasteiger partial charge < -0.3 is 5.32 Å². The standard InChI is InChI=1S/C12H10FN3OS/c1-18-12-14-6-8(7-17)11(16-12)15-10-5-3-2-4-9(10)13/h2-7H,1H3,(H,14,15,16). The second-order valence-electron chi connectivity index (χ2n) is 3.38. The molecule has 0 fully saturated rings. The van der Waals surface area contributed by atoms with Crippen LogP contribution in [0.3, 0.4) is 0 Å². The van der Waals surface area contributed by atoms with Crippen molar-refractivity contribution in [2.45, 2.75) is 5.16 Å². The molecular weight excluding hydrogens is 253 g/mol. The fourth-order valence-electron chi connectivity index (χ4n) is 1.35. The summed E-state index contributed by atoms with van der Waals surface area (Å²) in [5.74, 6) is -0.104. The van der Waals surface area contributed by atoms with Crippen molar-refractivity contribution in [1.29, 1.82) is 0 Å². The number of hydrogen-bond acceptors (Lipinski definition) is 5. The topological polar surface area (TPSA) is 54.9 Å². The van der Waals surface area contributed by atoms with E-state index in [-0.39, 0.29) is 11.3 Å². The average molecular weight is 263 g/mol. The molecule has 2 rings (SSSR count). The Bertz CT molecular complexity index is 577. The number of carbonyl (C=O) groups is 1. The van der Waals surface area contributed by atoms with Gasteiger partial charge in [-0.2, -0.15) is 0 Å². The van der Waals surface area contributed by atoms with Crippen molar-refractivity contribution in [3.8, 4) is 0 Å². The number of thioether (sulfide) groups is 1. The van der Waals surface area contributed by atoms with Crippen molar-refractivity contribution in [3.05, 3.63) is 41.8 Å². The minimum Gasteiger partial charge on any atom is -0.337 e. The second-order valence-corrected chi connectivity index (χ2v) is 4.16. The molecule has 0 aliphatic rings. The van der Waals surface area contributed by atoms with Crippen molar-refractivity contribution in [2.75, 3.05) is 11.6 Å². The van der Waals surface area contributed by atoms with Crippen LogP contribution in [0.15, 0.2) is 35.6 Å². The molecule has 2 aromatic rings. The molecule has 0 aliphatic carbocycles. The van der Waals surface area contributed by atoms with Gasteiger partial charge in [-0.3, -0.25) is 4.79 Å². The molecule has 1 aromatic carbocycles. The van der Waals surface area contributed by atoms with Crippen molar-refractivity contribution < 1.29 is 9.18 Å². The lowest BCUT2D eigenvalue weighted by molar-refractivity contribution is 0.112. The lowest BCUT2D eigenvalue weighted by Crippen LogP contribution is -2.02. The minimum absolute atomic E-state index is 0.270. The Hall–Kier alpha value is -1.95. The monoisotopic (exact) mass is 263 g/mol. The normalized spacial score (nSPS) is 10.1. The summed E-state index contributed by atoms with van der Waals surface area (Å²) in [6.45, 7) is 0. The first-order valence-corrected chi connectivity index (χ1v) is 6.35. The number of nitrogens with zero attached hydrogens (tertiary/aromatic N) is 2. The Labute approximate surface area is 108 Å². The van der Waals surface area contributed by atoms with Crippen molar-refractivity contribution in [1.82, 2.24) is 9.97 Å². The van der Waals surface area contributed by atoms with Crippen LogP contribution in [0.5, 0.6) is 0 Å². The molecule has 0 radical (unpaired) electrons. The fourth-order valence-corrected chi connectivity index (χ4v) is 1.69. The van der Waals surface area contributed by atoms with E-state index in [1.54, 1.807) is 18.2 Å². The Morgan fingerprint density at radius 2 is 2.17 bits per heavy atom. The van der Waals surface area contributed by atoms with Crippen LogP contribution in [-0.4, -0.2) is 22.5 Å². The second kappa shape index (κ2) is 5.59. The highest BCUT2D eigenvalue weighted by Crippen LogP contribution is 2.21. The average Bonchev–Trinajstić information content (AvgIpc) is 2.41. The van der Waals surface area contributed by atoms with Gasteiger partial charge in [0.15, 0.2) is 11.4 Å². The molecule has 0 spiro atoms. The van der Waals surface area contributed by atoms with Crippen LogP contribution < -0.4 is 5.32 Å². The predicted octanol–water partition coefficient (Wildman–Crippen LogP) is 2.89. The quantitative estimate of drug-likeness (QED) is 0.522. The Morgan fingerprint density at radius 1 is 1.39 bits per heavy atom. The first-order chi connectivity index (χ1) is 8.74. The Balaban J connectivity index is 2.38. The van der Waals surface area contributed by atoms with Gasteiger partial charge in [-0.15, -0.1) is 0 Å². The van der Waals surface area contributed by atoms with E-state index in [2.05, 4.69) is 15.3 Å². The van der Waals surface area contributed by atoms with Crippen LogP contribution in [0.1, 0.15) is 10.4 Å². The van der Waals surface area contributed by atoms with E-state index in [1.165, 1.54) is 24.0 Å². The number of aldehydes is 1. The third kappa shape index (κ3) is 2.65. The summed E-state index contributed by atoms with van der Waals surface area (Å²) in [4.78, 5) is 19.0. The summed E-state index contributed by atoms with van der Waals surface area (Å²) in [5.41, 5.74) is 0.558. The van der Waals surface area contributed by atoms with E-state index >= 15 is 0 Å². The predicted molar refractivity (Wildman–Crippen MR) is 68.9 cm³/mol. The van der Waals surface area contributed by atoms with E-state index in [1.807, 2.05) is 6.26 Å². The van der Waals surface area contributed by atoms with Crippen LogP contribution in [-0.2, 0) is 0 Å². The lowest BCUT2D eigenvalue weighted by atomic mass is 10.3. The molecule has 0 atom stereocenters. The summed E-state index contributed by atoms with van der Waals surface area (Å²) in [6, 6.07) is 6.20. The van der Waals surface area contributed by atoms with Gasteiger partial charge in [0, 0.05) is 6.20 Å². The largest absolute Gasteiger partial charge is 0.337 e. The van der Waals surface area contributed by atoms with Gasteiger partial charge in [0.2, 0.25) is 0 Å². The number of para-hydroxylation sites is 1. The molecule has 0 saturated heterocycles. The van der Waals surface area contributed by atoms with E-state index in [4.69, 9.17) is 0 Å². The van der Waals surface area contributed by atoms with Crippen LogP contribution >= 0.6 is 11.8 Å². The fraction of sp³-hybridized carbons (Fsp3) is 0.0833. The van der Waals surface area contributed by atoms with Crippen molar-refractivity contribution in [2.24, 2.45) is 0 Å². The molecule has 1 heterocycles. The number of carbonyl (C=O) groups excluding carboxylic acids is 1. The number of halogens is 1. The minimum atomic E-state index is -0.404. The SMILES string of the molecule is CSc1ncc(C=O)c(Nc2ccccc2F)n1. The molecule has 0 saturated carbocycles. The van der Waals surface area contributed by atoms with Gasteiger partial charge in [0.05, 0.1) is 11.3 Å². The third-order valence-electron chi connectivity index (χ3n) is 2.23. The molecule has 92 valence electrons. The lowest BCUT2D eigenvalue weighted by Gasteiger charge is -2.09. The van der Waals surface area contributed by atoms with Gasteiger partial charge in [-0.25, -0.2) is 14.4 Å². The molecule has 1 aromatic heterocycles. The van der Waals surface area contributed by atoms with E-state index in [9.17, 15) is 9.18 Å².